The Morgan fingerprint density at radius 3 is 1.32 bits per heavy atom. The molecule has 10 heteroatoms. The maximum Gasteiger partial charge on any atom is 0.508 e. The first kappa shape index (κ1) is 65.6. The lowest BCUT2D eigenvalue weighted by atomic mass is 10.0. The number of hydrogen-bond acceptors (Lipinski definition) is 10. The number of unbranched alkanes of at least 4 members (excludes halogenated alkanes) is 23. The zero-order valence-corrected chi connectivity index (χ0v) is 46.0. The average Bonchev–Trinajstić information content (AvgIpc) is 3.90. The molecule has 1 rings (SSSR count). The van der Waals surface area contributed by atoms with Crippen LogP contribution in [0.2, 0.25) is 0 Å². The minimum atomic E-state index is -0.933. The molecule has 1 aliphatic heterocycles. The van der Waals surface area contributed by atoms with Crippen LogP contribution in [0.4, 0.5) is 4.79 Å². The van der Waals surface area contributed by atoms with E-state index in [-0.39, 0.29) is 50.8 Å². The fourth-order valence-corrected chi connectivity index (χ4v) is 8.71. The van der Waals surface area contributed by atoms with Crippen molar-refractivity contribution in [1.29, 1.82) is 0 Å². The van der Waals surface area contributed by atoms with Crippen molar-refractivity contribution in [1.82, 2.24) is 4.90 Å². The lowest BCUT2D eigenvalue weighted by Gasteiger charge is -2.20. The number of allylic oxidation sites excluding steroid dienone is 8. The molecule has 0 bridgehead atoms. The van der Waals surface area contributed by atoms with Crippen LogP contribution in [0.5, 0.6) is 0 Å². The van der Waals surface area contributed by atoms with Gasteiger partial charge in [-0.1, -0.05) is 179 Å². The number of hydrogen-bond donors (Lipinski definition) is 0. The van der Waals surface area contributed by atoms with Crippen molar-refractivity contribution in [3.63, 3.8) is 0 Å². The summed E-state index contributed by atoms with van der Waals surface area (Å²) in [5.74, 6) is -1.23. The van der Waals surface area contributed by atoms with Crippen molar-refractivity contribution in [3.8, 4) is 0 Å². The van der Waals surface area contributed by atoms with Crippen molar-refractivity contribution in [2.24, 2.45) is 0 Å². The zero-order valence-electron chi connectivity index (χ0n) is 46.0. The lowest BCUT2D eigenvalue weighted by Crippen LogP contribution is -2.31. The highest BCUT2D eigenvalue weighted by Crippen LogP contribution is 2.18. The van der Waals surface area contributed by atoms with Crippen LogP contribution in [0.25, 0.3) is 0 Å². The molecule has 10 nitrogen and oxygen atoms in total. The predicted molar refractivity (Wildman–Crippen MR) is 293 cm³/mol. The molecule has 71 heavy (non-hydrogen) atoms. The summed E-state index contributed by atoms with van der Waals surface area (Å²) >= 11 is 0. The second kappa shape index (κ2) is 51.5. The molecular formula is C61H107NO9. The molecule has 0 aromatic carbocycles. The van der Waals surface area contributed by atoms with Crippen molar-refractivity contribution in [2.75, 3.05) is 39.5 Å². The summed E-state index contributed by atoms with van der Waals surface area (Å²) in [7, 11) is 0. The maximum atomic E-state index is 13.3. The van der Waals surface area contributed by atoms with Crippen molar-refractivity contribution in [2.45, 2.75) is 277 Å². The lowest BCUT2D eigenvalue weighted by molar-refractivity contribution is -0.167. The quantitative estimate of drug-likeness (QED) is 0.0252. The van der Waals surface area contributed by atoms with Gasteiger partial charge < -0.3 is 28.6 Å². The molecule has 410 valence electrons. The summed E-state index contributed by atoms with van der Waals surface area (Å²) in [6.07, 6.45) is 54.0. The fourth-order valence-electron chi connectivity index (χ4n) is 8.71. The number of likely N-dealkylation sites (tertiary alicyclic amines) is 1. The molecule has 1 heterocycles. The largest absolute Gasteiger partial charge is 0.508 e. The smallest absolute Gasteiger partial charge is 0.462 e. The molecule has 0 spiro atoms. The number of esters is 3. The van der Waals surface area contributed by atoms with Gasteiger partial charge in [0.1, 0.15) is 19.3 Å². The average molecular weight is 999 g/mol. The third kappa shape index (κ3) is 46.2. The van der Waals surface area contributed by atoms with Gasteiger partial charge in [-0.3, -0.25) is 14.4 Å². The molecule has 0 aromatic heterocycles. The third-order valence-electron chi connectivity index (χ3n) is 13.2. The first-order chi connectivity index (χ1) is 34.9. The van der Waals surface area contributed by atoms with E-state index in [1.165, 1.54) is 96.3 Å². The van der Waals surface area contributed by atoms with E-state index in [2.05, 4.69) is 74.3 Å². The Kier molecular flexibility index (Phi) is 47.6. The molecule has 0 aromatic rings. The number of ether oxygens (including phenoxy) is 5. The highest BCUT2D eigenvalue weighted by atomic mass is 16.7. The van der Waals surface area contributed by atoms with Gasteiger partial charge in [0.05, 0.1) is 6.61 Å². The Morgan fingerprint density at radius 2 is 0.831 bits per heavy atom. The van der Waals surface area contributed by atoms with E-state index >= 15 is 0 Å². The maximum absolute atomic E-state index is 13.3. The Hall–Kier alpha value is -3.40. The van der Waals surface area contributed by atoms with Crippen LogP contribution in [0.15, 0.2) is 48.6 Å². The minimum Gasteiger partial charge on any atom is -0.462 e. The fraction of sp³-hybridized carbons (Fsp3) is 0.803. The van der Waals surface area contributed by atoms with Crippen LogP contribution in [-0.2, 0) is 38.1 Å². The summed E-state index contributed by atoms with van der Waals surface area (Å²) in [6, 6.07) is 0. The highest BCUT2D eigenvalue weighted by molar-refractivity contribution is 5.71. The van der Waals surface area contributed by atoms with E-state index < -0.39 is 24.3 Å². The highest BCUT2D eigenvalue weighted by Gasteiger charge is 2.23. The molecule has 0 aliphatic carbocycles. The van der Waals surface area contributed by atoms with Gasteiger partial charge in [-0.05, 0) is 129 Å². The molecular weight excluding hydrogens is 891 g/mol. The predicted octanol–water partition coefficient (Wildman–Crippen LogP) is 16.9. The summed E-state index contributed by atoms with van der Waals surface area (Å²) in [4.78, 5) is 54.1. The minimum absolute atomic E-state index is 0.000244. The number of carbonyl (C=O) groups excluding carboxylic acids is 4. The summed E-state index contributed by atoms with van der Waals surface area (Å²) in [5.41, 5.74) is 0. The number of nitrogens with zero attached hydrogens (tertiary/aromatic N) is 1. The van der Waals surface area contributed by atoms with Gasteiger partial charge in [0, 0.05) is 25.8 Å². The molecule has 0 saturated carbocycles. The van der Waals surface area contributed by atoms with E-state index in [0.29, 0.717) is 13.0 Å². The Morgan fingerprint density at radius 1 is 0.408 bits per heavy atom. The molecule has 1 fully saturated rings. The van der Waals surface area contributed by atoms with Crippen molar-refractivity contribution < 1.29 is 42.9 Å². The van der Waals surface area contributed by atoms with Crippen LogP contribution < -0.4 is 0 Å². The van der Waals surface area contributed by atoms with Crippen LogP contribution in [0, 0.1) is 0 Å². The molecule has 0 N–H and O–H groups in total. The second-order valence-electron chi connectivity index (χ2n) is 20.0. The van der Waals surface area contributed by atoms with E-state index in [4.69, 9.17) is 23.7 Å². The van der Waals surface area contributed by atoms with Gasteiger partial charge in [-0.25, -0.2) is 4.79 Å². The van der Waals surface area contributed by atoms with E-state index in [1.807, 2.05) is 0 Å². The van der Waals surface area contributed by atoms with Gasteiger partial charge in [0.25, 0.3) is 0 Å². The molecule has 1 saturated heterocycles. The molecule has 0 amide bonds. The topological polar surface area (TPSA) is 118 Å². The number of carbonyl (C=O) groups is 4. The van der Waals surface area contributed by atoms with E-state index in [9.17, 15) is 19.2 Å². The van der Waals surface area contributed by atoms with E-state index in [0.717, 1.165) is 135 Å². The van der Waals surface area contributed by atoms with E-state index in [1.54, 1.807) is 0 Å². The Bertz CT molecular complexity index is 1310. The summed E-state index contributed by atoms with van der Waals surface area (Å²) < 4.78 is 28.2. The summed E-state index contributed by atoms with van der Waals surface area (Å²) in [6.45, 7) is 9.70. The Balaban J connectivity index is 2.62. The molecule has 1 atom stereocenters. The third-order valence-corrected chi connectivity index (χ3v) is 13.2. The molecule has 1 aliphatic rings. The Labute approximate surface area is 435 Å². The van der Waals surface area contributed by atoms with Gasteiger partial charge in [-0.15, -0.1) is 0 Å². The van der Waals surface area contributed by atoms with Gasteiger partial charge in [-0.2, -0.15) is 0 Å². The standard InChI is InChI=1S/C61H107NO9/c1-4-7-10-13-16-19-21-23-25-27-29-31-34-37-40-46-58(63)68-54-57(55-69-59(64)47-41-38-35-32-30-28-26-24-22-20-17-14-11-8-5-2)70-60(65)49-48-56(45-39-36-33-18-15-12-9-6-3)71-61(66)67-53-44-52-62-50-42-43-51-62/h16-17,19-20,23-26,56-57H,4-15,18,21-22,27-55H2,1-3H3/b19-16-,20-17-,25-23-,26-24-. The number of rotatable bonds is 50. The van der Waals surface area contributed by atoms with Gasteiger partial charge >= 0.3 is 24.1 Å². The molecule has 1 unspecified atom stereocenters. The van der Waals surface area contributed by atoms with Crippen LogP contribution in [-0.4, -0.2) is 80.6 Å². The zero-order chi connectivity index (χ0) is 51.3. The first-order valence-corrected chi connectivity index (χ1v) is 29.5. The first-order valence-electron chi connectivity index (χ1n) is 29.5. The van der Waals surface area contributed by atoms with Gasteiger partial charge in [0.2, 0.25) is 0 Å². The van der Waals surface area contributed by atoms with Crippen molar-refractivity contribution >= 4 is 24.1 Å². The SMILES string of the molecule is CCCCC/C=C\C/C=C\CCCCCCCC(=O)OCC(COC(=O)CCCCCCC/C=C\C/C=C\CCCCC)OC(=O)CCC(CCCCCCCCCC)OC(=O)OCCCN1CCCC1. The van der Waals surface area contributed by atoms with Crippen LogP contribution >= 0.6 is 0 Å². The normalized spacial score (nSPS) is 13.6. The second-order valence-corrected chi connectivity index (χ2v) is 20.0. The van der Waals surface area contributed by atoms with Gasteiger partial charge in [0.15, 0.2) is 6.10 Å². The van der Waals surface area contributed by atoms with Crippen molar-refractivity contribution in [3.05, 3.63) is 48.6 Å². The van der Waals surface area contributed by atoms with Crippen LogP contribution in [0.1, 0.15) is 265 Å². The summed E-state index contributed by atoms with van der Waals surface area (Å²) in [5, 5.41) is 0. The van der Waals surface area contributed by atoms with Crippen LogP contribution in [0.3, 0.4) is 0 Å². The monoisotopic (exact) mass is 998 g/mol. The molecule has 0 radical (unpaired) electrons.